The number of hydrogen-bond acceptors (Lipinski definition) is 3. The molecule has 6 nitrogen and oxygen atoms in total. The number of rotatable bonds is 7. The summed E-state index contributed by atoms with van der Waals surface area (Å²) in [7, 11) is 1.66. The van der Waals surface area contributed by atoms with E-state index in [0.29, 0.717) is 32.6 Å². The SMILES string of the molecule is CCCNC(=O)N1CCc2c(-c3cccc(OC)c3)ccc(CNC=O)c2C1. The maximum Gasteiger partial charge on any atom is 0.317 e. The lowest BCUT2D eigenvalue weighted by Gasteiger charge is -2.32. The van der Waals surface area contributed by atoms with Gasteiger partial charge in [-0.25, -0.2) is 4.79 Å². The highest BCUT2D eigenvalue weighted by Gasteiger charge is 2.25. The Hall–Kier alpha value is -3.02. The number of hydrogen-bond donors (Lipinski definition) is 2. The van der Waals surface area contributed by atoms with E-state index in [9.17, 15) is 9.59 Å². The van der Waals surface area contributed by atoms with E-state index in [0.717, 1.165) is 40.8 Å². The fraction of sp³-hybridized carbons (Fsp3) is 0.364. The van der Waals surface area contributed by atoms with E-state index in [1.807, 2.05) is 36.1 Å². The van der Waals surface area contributed by atoms with Gasteiger partial charge >= 0.3 is 6.03 Å². The van der Waals surface area contributed by atoms with E-state index in [1.54, 1.807) is 7.11 Å². The number of nitrogens with zero attached hydrogens (tertiary/aromatic N) is 1. The first-order chi connectivity index (χ1) is 13.7. The average Bonchev–Trinajstić information content (AvgIpc) is 2.75. The standard InChI is InChI=1S/C22H27N3O3/c1-3-10-24-22(27)25-11-9-20-19(16-5-4-6-18(12-16)28-2)8-7-17(13-23-15-26)21(20)14-25/h4-8,12,15H,3,9-11,13-14H2,1-2H3,(H,23,26)(H,24,27). The molecular formula is C22H27N3O3. The number of nitrogens with one attached hydrogen (secondary N) is 2. The predicted molar refractivity (Wildman–Crippen MR) is 109 cm³/mol. The van der Waals surface area contributed by atoms with Crippen molar-refractivity contribution in [2.45, 2.75) is 32.9 Å². The second-order valence-electron chi connectivity index (χ2n) is 6.86. The van der Waals surface area contributed by atoms with Crippen LogP contribution in [0.5, 0.6) is 5.75 Å². The fourth-order valence-electron chi connectivity index (χ4n) is 3.64. The molecule has 6 heteroatoms. The summed E-state index contributed by atoms with van der Waals surface area (Å²) in [5, 5.41) is 5.71. The van der Waals surface area contributed by atoms with Gasteiger partial charge < -0.3 is 20.3 Å². The van der Waals surface area contributed by atoms with Crippen LogP contribution in [0.15, 0.2) is 36.4 Å². The predicted octanol–water partition coefficient (Wildman–Crippen LogP) is 3.09. The van der Waals surface area contributed by atoms with Gasteiger partial charge in [0, 0.05) is 26.2 Å². The Balaban J connectivity index is 1.97. The van der Waals surface area contributed by atoms with E-state index in [2.05, 4.69) is 22.8 Å². The number of amides is 3. The third-order valence-electron chi connectivity index (χ3n) is 5.08. The Morgan fingerprint density at radius 3 is 2.86 bits per heavy atom. The smallest absolute Gasteiger partial charge is 0.317 e. The lowest BCUT2D eigenvalue weighted by atomic mass is 9.87. The highest BCUT2D eigenvalue weighted by atomic mass is 16.5. The Kier molecular flexibility index (Phi) is 6.53. The zero-order valence-corrected chi connectivity index (χ0v) is 16.5. The Labute approximate surface area is 165 Å². The van der Waals surface area contributed by atoms with Crippen molar-refractivity contribution in [3.05, 3.63) is 53.1 Å². The van der Waals surface area contributed by atoms with Crippen LogP contribution in [0.3, 0.4) is 0 Å². The topological polar surface area (TPSA) is 70.7 Å². The van der Waals surface area contributed by atoms with Crippen molar-refractivity contribution in [2.75, 3.05) is 20.2 Å². The van der Waals surface area contributed by atoms with Crippen molar-refractivity contribution >= 4 is 12.4 Å². The zero-order chi connectivity index (χ0) is 19.9. The molecule has 0 saturated carbocycles. The molecule has 3 amide bonds. The van der Waals surface area contributed by atoms with Gasteiger partial charge in [0.1, 0.15) is 5.75 Å². The highest BCUT2D eigenvalue weighted by molar-refractivity contribution is 5.76. The van der Waals surface area contributed by atoms with E-state index in [4.69, 9.17) is 4.74 Å². The van der Waals surface area contributed by atoms with Crippen molar-refractivity contribution in [1.29, 1.82) is 0 Å². The van der Waals surface area contributed by atoms with Crippen LogP contribution in [-0.4, -0.2) is 37.5 Å². The second kappa shape index (κ2) is 9.26. The van der Waals surface area contributed by atoms with Gasteiger partial charge in [-0.1, -0.05) is 31.2 Å². The number of ether oxygens (including phenoxy) is 1. The molecule has 0 bridgehead atoms. The molecule has 1 heterocycles. The van der Waals surface area contributed by atoms with Crippen LogP contribution in [0.2, 0.25) is 0 Å². The first-order valence-electron chi connectivity index (χ1n) is 9.65. The van der Waals surface area contributed by atoms with Gasteiger partial charge in [0.25, 0.3) is 0 Å². The zero-order valence-electron chi connectivity index (χ0n) is 16.5. The minimum absolute atomic E-state index is 0.0337. The molecule has 28 heavy (non-hydrogen) atoms. The summed E-state index contributed by atoms with van der Waals surface area (Å²) < 4.78 is 5.37. The van der Waals surface area contributed by atoms with Gasteiger partial charge in [0.15, 0.2) is 0 Å². The van der Waals surface area contributed by atoms with E-state index >= 15 is 0 Å². The van der Waals surface area contributed by atoms with Crippen LogP contribution >= 0.6 is 0 Å². The van der Waals surface area contributed by atoms with Crippen LogP contribution < -0.4 is 15.4 Å². The van der Waals surface area contributed by atoms with Crippen molar-refractivity contribution in [3.63, 3.8) is 0 Å². The summed E-state index contributed by atoms with van der Waals surface area (Å²) in [5.41, 5.74) is 5.64. The minimum atomic E-state index is -0.0337. The molecule has 148 valence electrons. The molecule has 1 aliphatic rings. The summed E-state index contributed by atoms with van der Waals surface area (Å²) in [6, 6.07) is 12.1. The minimum Gasteiger partial charge on any atom is -0.497 e. The summed E-state index contributed by atoms with van der Waals surface area (Å²) >= 11 is 0. The molecule has 2 N–H and O–H groups in total. The molecule has 3 rings (SSSR count). The average molecular weight is 381 g/mol. The number of benzene rings is 2. The second-order valence-corrected chi connectivity index (χ2v) is 6.86. The number of urea groups is 1. The maximum absolute atomic E-state index is 12.5. The first kappa shape index (κ1) is 19.7. The van der Waals surface area contributed by atoms with E-state index in [1.165, 1.54) is 5.56 Å². The lowest BCUT2D eigenvalue weighted by Crippen LogP contribution is -2.43. The fourth-order valence-corrected chi connectivity index (χ4v) is 3.64. The van der Waals surface area contributed by atoms with Gasteiger partial charge in [-0.3, -0.25) is 4.79 Å². The molecule has 0 radical (unpaired) electrons. The van der Waals surface area contributed by atoms with Crippen LogP contribution in [0.1, 0.15) is 30.0 Å². The molecule has 0 aliphatic carbocycles. The maximum atomic E-state index is 12.5. The normalized spacial score (nSPS) is 12.9. The Bertz CT molecular complexity index is 851. The van der Waals surface area contributed by atoms with Crippen molar-refractivity contribution in [3.8, 4) is 16.9 Å². The van der Waals surface area contributed by atoms with Gasteiger partial charge in [-0.15, -0.1) is 0 Å². The van der Waals surface area contributed by atoms with Crippen LogP contribution in [0.4, 0.5) is 4.79 Å². The largest absolute Gasteiger partial charge is 0.497 e. The molecule has 0 spiro atoms. The van der Waals surface area contributed by atoms with Gasteiger partial charge in [0.05, 0.1) is 7.11 Å². The molecule has 0 atom stereocenters. The molecule has 2 aromatic carbocycles. The molecular weight excluding hydrogens is 354 g/mol. The van der Waals surface area contributed by atoms with E-state index < -0.39 is 0 Å². The number of carbonyl (C=O) groups is 2. The number of fused-ring (bicyclic) bond motifs is 1. The number of methoxy groups -OCH3 is 1. The molecule has 0 saturated heterocycles. The monoisotopic (exact) mass is 381 g/mol. The molecule has 2 aromatic rings. The third-order valence-corrected chi connectivity index (χ3v) is 5.08. The van der Waals surface area contributed by atoms with Crippen LogP contribution in [0, 0.1) is 0 Å². The van der Waals surface area contributed by atoms with Crippen molar-refractivity contribution < 1.29 is 14.3 Å². The summed E-state index contributed by atoms with van der Waals surface area (Å²) in [6.07, 6.45) is 2.39. The molecule has 0 unspecified atom stereocenters. The molecule has 0 aromatic heterocycles. The van der Waals surface area contributed by atoms with Gasteiger partial charge in [-0.05, 0) is 52.8 Å². The van der Waals surface area contributed by atoms with Crippen molar-refractivity contribution in [2.24, 2.45) is 0 Å². The lowest BCUT2D eigenvalue weighted by molar-refractivity contribution is -0.109. The summed E-state index contributed by atoms with van der Waals surface area (Å²) in [5.74, 6) is 0.814. The third kappa shape index (κ3) is 4.27. The van der Waals surface area contributed by atoms with Crippen LogP contribution in [0.25, 0.3) is 11.1 Å². The quantitative estimate of drug-likeness (QED) is 0.724. The van der Waals surface area contributed by atoms with Gasteiger partial charge in [-0.2, -0.15) is 0 Å². The summed E-state index contributed by atoms with van der Waals surface area (Å²) in [6.45, 7) is 4.37. The summed E-state index contributed by atoms with van der Waals surface area (Å²) in [4.78, 5) is 25.1. The molecule has 0 fully saturated rings. The van der Waals surface area contributed by atoms with Gasteiger partial charge in [0.2, 0.25) is 6.41 Å². The Morgan fingerprint density at radius 1 is 1.25 bits per heavy atom. The highest BCUT2D eigenvalue weighted by Crippen LogP contribution is 2.34. The molecule has 1 aliphatic heterocycles. The van der Waals surface area contributed by atoms with Crippen LogP contribution in [-0.2, 0) is 24.3 Å². The van der Waals surface area contributed by atoms with Crippen molar-refractivity contribution in [1.82, 2.24) is 15.5 Å². The Morgan fingerprint density at radius 2 is 2.11 bits per heavy atom. The van der Waals surface area contributed by atoms with E-state index in [-0.39, 0.29) is 6.03 Å². The number of carbonyl (C=O) groups excluding carboxylic acids is 2. The first-order valence-corrected chi connectivity index (χ1v) is 9.65.